The van der Waals surface area contributed by atoms with Gasteiger partial charge in [0.1, 0.15) is 17.5 Å². The van der Waals surface area contributed by atoms with Gasteiger partial charge in [-0.05, 0) is 20.3 Å². The summed E-state index contributed by atoms with van der Waals surface area (Å²) in [6, 6.07) is 0. The molecule has 0 aliphatic carbocycles. The molecule has 0 radical (unpaired) electrons. The molecule has 0 spiro atoms. The van der Waals surface area contributed by atoms with Crippen LogP contribution in [0.25, 0.3) is 0 Å². The van der Waals surface area contributed by atoms with Crippen LogP contribution in [0.4, 0.5) is 0 Å². The first-order valence-corrected chi connectivity index (χ1v) is 10.0. The maximum Gasteiger partial charge on any atom is 0.323 e. The van der Waals surface area contributed by atoms with Crippen LogP contribution in [-0.2, 0) is 30.9 Å². The normalized spacial score (nSPS) is 12.7. The summed E-state index contributed by atoms with van der Waals surface area (Å²) in [4.78, 5) is 23.2. The van der Waals surface area contributed by atoms with E-state index in [4.69, 9.17) is 21.3 Å². The van der Waals surface area contributed by atoms with E-state index in [1.54, 1.807) is 13.8 Å². The molecule has 0 heterocycles. The standard InChI is InChI=1S/C11H20O4PS2/c1-4-7-16(17)18-9(11(13)15-6-3)8-10(12)14-5-2/h9H,4-8H2,1-3H3/q+1. The molecule has 18 heavy (non-hydrogen) atoms. The second-order valence-electron chi connectivity index (χ2n) is 3.41. The lowest BCUT2D eigenvalue weighted by Crippen LogP contribution is -2.24. The Morgan fingerprint density at radius 1 is 1.22 bits per heavy atom. The summed E-state index contributed by atoms with van der Waals surface area (Å²) >= 11 is 6.68. The third-order valence-corrected chi connectivity index (χ3v) is 6.86. The number of ether oxygens (including phenoxy) is 2. The fourth-order valence-corrected chi connectivity index (χ4v) is 5.95. The van der Waals surface area contributed by atoms with Crippen LogP contribution >= 0.6 is 17.3 Å². The molecule has 0 aromatic rings. The highest BCUT2D eigenvalue weighted by Crippen LogP contribution is 2.43. The van der Waals surface area contributed by atoms with Gasteiger partial charge in [-0.15, -0.1) is 0 Å². The Morgan fingerprint density at radius 3 is 2.33 bits per heavy atom. The van der Waals surface area contributed by atoms with Crippen molar-refractivity contribution in [2.75, 3.05) is 19.4 Å². The Hall–Kier alpha value is -0.190. The molecule has 0 saturated heterocycles. The van der Waals surface area contributed by atoms with Crippen molar-refractivity contribution < 1.29 is 19.1 Å². The number of hydrogen-bond acceptors (Lipinski definition) is 6. The number of carbonyl (C=O) groups excluding carboxylic acids is 2. The van der Waals surface area contributed by atoms with Gasteiger partial charge in [0.15, 0.2) is 17.1 Å². The van der Waals surface area contributed by atoms with Crippen LogP contribution in [0, 0.1) is 0 Å². The van der Waals surface area contributed by atoms with E-state index >= 15 is 0 Å². The van der Waals surface area contributed by atoms with Crippen LogP contribution < -0.4 is 0 Å². The molecule has 4 nitrogen and oxygen atoms in total. The Labute approximate surface area is 118 Å². The summed E-state index contributed by atoms with van der Waals surface area (Å²) in [5.41, 5.74) is 0. The van der Waals surface area contributed by atoms with Gasteiger partial charge in [-0.2, -0.15) is 0 Å². The van der Waals surface area contributed by atoms with E-state index in [9.17, 15) is 9.59 Å². The maximum atomic E-state index is 11.7. The van der Waals surface area contributed by atoms with E-state index in [1.807, 2.05) is 6.92 Å². The van der Waals surface area contributed by atoms with Crippen LogP contribution in [-0.4, -0.2) is 36.6 Å². The van der Waals surface area contributed by atoms with Crippen LogP contribution in [0.5, 0.6) is 0 Å². The fraction of sp³-hybridized carbons (Fsp3) is 0.818. The van der Waals surface area contributed by atoms with E-state index in [1.165, 1.54) is 11.4 Å². The highest BCUT2D eigenvalue weighted by atomic mass is 32.9. The Morgan fingerprint density at radius 2 is 1.83 bits per heavy atom. The van der Waals surface area contributed by atoms with E-state index in [-0.39, 0.29) is 18.4 Å². The fourth-order valence-electron chi connectivity index (χ4n) is 1.15. The highest BCUT2D eigenvalue weighted by molar-refractivity contribution is 8.64. The Kier molecular flexibility index (Phi) is 10.6. The van der Waals surface area contributed by atoms with Gasteiger partial charge in [0.25, 0.3) is 0 Å². The van der Waals surface area contributed by atoms with Crippen molar-refractivity contribution in [3.8, 4) is 0 Å². The summed E-state index contributed by atoms with van der Waals surface area (Å²) in [7, 11) is 0. The topological polar surface area (TPSA) is 52.6 Å². The molecule has 7 heteroatoms. The van der Waals surface area contributed by atoms with E-state index in [2.05, 4.69) is 0 Å². The second-order valence-corrected chi connectivity index (χ2v) is 9.27. The molecule has 104 valence electrons. The van der Waals surface area contributed by atoms with E-state index in [0.717, 1.165) is 12.6 Å². The van der Waals surface area contributed by atoms with Gasteiger partial charge in [-0.25, -0.2) is 0 Å². The van der Waals surface area contributed by atoms with Gasteiger partial charge < -0.3 is 9.47 Å². The Balaban J connectivity index is 4.46. The molecule has 0 aromatic heterocycles. The van der Waals surface area contributed by atoms with Gasteiger partial charge in [0.2, 0.25) is 5.90 Å². The van der Waals surface area contributed by atoms with Crippen LogP contribution in [0.3, 0.4) is 0 Å². The predicted molar refractivity (Wildman–Crippen MR) is 78.7 cm³/mol. The van der Waals surface area contributed by atoms with Gasteiger partial charge in [0, 0.05) is 0 Å². The smallest absolute Gasteiger partial charge is 0.323 e. The zero-order chi connectivity index (χ0) is 14.0. The van der Waals surface area contributed by atoms with Gasteiger partial charge in [-0.1, -0.05) is 6.92 Å². The quantitative estimate of drug-likeness (QED) is 0.482. The van der Waals surface area contributed by atoms with Crippen LogP contribution in [0.15, 0.2) is 0 Å². The molecule has 0 saturated carbocycles. The molecule has 0 aromatic carbocycles. The average molecular weight is 311 g/mol. The molecule has 0 aliphatic heterocycles. The van der Waals surface area contributed by atoms with Crippen molar-refractivity contribution in [3.63, 3.8) is 0 Å². The SMILES string of the molecule is CCC[P+](=S)SC(CC(=O)OCC)C(=O)OCC. The molecule has 0 fully saturated rings. The first kappa shape index (κ1) is 17.8. The monoisotopic (exact) mass is 311 g/mol. The lowest BCUT2D eigenvalue weighted by atomic mass is 10.3. The minimum Gasteiger partial charge on any atom is -0.466 e. The zero-order valence-electron chi connectivity index (χ0n) is 11.0. The second kappa shape index (κ2) is 10.7. The summed E-state index contributed by atoms with van der Waals surface area (Å²) < 4.78 is 9.81. The first-order chi connectivity index (χ1) is 8.54. The van der Waals surface area contributed by atoms with Gasteiger partial charge >= 0.3 is 11.9 Å². The average Bonchev–Trinajstić information content (AvgIpc) is 2.29. The Bertz CT molecular complexity index is 277. The molecular formula is C11H20O4PS2+. The third-order valence-electron chi connectivity index (χ3n) is 1.86. The van der Waals surface area contributed by atoms with Crippen LogP contribution in [0.2, 0.25) is 0 Å². The summed E-state index contributed by atoms with van der Waals surface area (Å²) in [6.07, 6.45) is 1.92. The molecule has 0 rings (SSSR count). The van der Waals surface area contributed by atoms with Crippen molar-refractivity contribution in [2.45, 2.75) is 38.9 Å². The number of esters is 2. The van der Waals surface area contributed by atoms with Crippen molar-refractivity contribution in [1.82, 2.24) is 0 Å². The summed E-state index contributed by atoms with van der Waals surface area (Å²) in [5.74, 6) is -1.46. The number of carbonyl (C=O) groups is 2. The highest BCUT2D eigenvalue weighted by Gasteiger charge is 2.31. The number of rotatable bonds is 9. The first-order valence-electron chi connectivity index (χ1n) is 5.98. The molecule has 2 atom stereocenters. The van der Waals surface area contributed by atoms with Crippen molar-refractivity contribution in [3.05, 3.63) is 0 Å². The van der Waals surface area contributed by atoms with E-state index < -0.39 is 11.1 Å². The zero-order valence-corrected chi connectivity index (χ0v) is 13.5. The lowest BCUT2D eigenvalue weighted by Gasteiger charge is -2.09. The molecule has 0 amide bonds. The van der Waals surface area contributed by atoms with Gasteiger partial charge in [0.05, 0.1) is 19.6 Å². The molecular weight excluding hydrogens is 291 g/mol. The van der Waals surface area contributed by atoms with Crippen molar-refractivity contribution in [1.29, 1.82) is 0 Å². The van der Waals surface area contributed by atoms with Crippen molar-refractivity contribution in [2.24, 2.45) is 0 Å². The van der Waals surface area contributed by atoms with Crippen LogP contribution in [0.1, 0.15) is 33.6 Å². The predicted octanol–water partition coefficient (Wildman–Crippen LogP) is 2.87. The molecule has 2 unspecified atom stereocenters. The minimum absolute atomic E-state index is 0.0382. The molecule has 0 N–H and O–H groups in total. The summed E-state index contributed by atoms with van der Waals surface area (Å²) in [6.45, 7) is 6.15. The maximum absolute atomic E-state index is 11.7. The lowest BCUT2D eigenvalue weighted by molar-refractivity contribution is -0.149. The molecule has 0 bridgehead atoms. The molecule has 0 aliphatic rings. The number of hydrogen-bond donors (Lipinski definition) is 0. The van der Waals surface area contributed by atoms with E-state index in [0.29, 0.717) is 13.2 Å². The largest absolute Gasteiger partial charge is 0.466 e. The minimum atomic E-state index is -0.712. The van der Waals surface area contributed by atoms with Crippen molar-refractivity contribution >= 4 is 41.0 Å². The van der Waals surface area contributed by atoms with Gasteiger partial charge in [-0.3, -0.25) is 9.59 Å². The summed E-state index contributed by atoms with van der Waals surface area (Å²) in [5, 5.41) is -0.529. The third kappa shape index (κ3) is 8.01.